The molecule has 1 aromatic heterocycles. The van der Waals surface area contributed by atoms with Gasteiger partial charge in [0.05, 0.1) is 11.4 Å². The Morgan fingerprint density at radius 2 is 1.58 bits per heavy atom. The summed E-state index contributed by atoms with van der Waals surface area (Å²) >= 11 is 1.44. The minimum atomic E-state index is -0.570. The summed E-state index contributed by atoms with van der Waals surface area (Å²) in [6.07, 6.45) is 0.422. The van der Waals surface area contributed by atoms with Gasteiger partial charge in [-0.05, 0) is 66.8 Å². The molecule has 0 N–H and O–H groups in total. The quantitative estimate of drug-likeness (QED) is 0.223. The Morgan fingerprint density at radius 3 is 2.13 bits per heavy atom. The van der Waals surface area contributed by atoms with E-state index in [1.165, 1.54) is 11.3 Å². The van der Waals surface area contributed by atoms with Crippen LogP contribution in [0.3, 0.4) is 0 Å². The average molecular weight is 542 g/mol. The number of benzene rings is 1. The molecule has 2 radical (unpaired) electrons. The fourth-order valence-electron chi connectivity index (χ4n) is 4.48. The van der Waals surface area contributed by atoms with Crippen molar-refractivity contribution in [3.8, 4) is 5.75 Å². The van der Waals surface area contributed by atoms with Crippen LogP contribution in [0.2, 0.25) is 0 Å². The van der Waals surface area contributed by atoms with E-state index in [4.69, 9.17) is 4.74 Å². The number of fused-ring (bicyclic) bond motifs is 1. The lowest BCUT2D eigenvalue weighted by molar-refractivity contribution is -0.208. The van der Waals surface area contributed by atoms with Crippen molar-refractivity contribution in [1.82, 2.24) is 4.90 Å². The maximum Gasteiger partial charge on any atom is 0.410 e. The third kappa shape index (κ3) is 7.03. The zero-order chi connectivity index (χ0) is 28.6. The Labute approximate surface area is 230 Å². The van der Waals surface area contributed by atoms with Gasteiger partial charge in [0.25, 0.3) is 0 Å². The maximum atomic E-state index is 13.6. The van der Waals surface area contributed by atoms with Crippen LogP contribution in [0, 0.1) is 6.07 Å². The molecule has 2 aromatic rings. The number of amides is 1. The van der Waals surface area contributed by atoms with E-state index in [0.717, 1.165) is 10.4 Å². The Balaban J connectivity index is 1.79. The van der Waals surface area contributed by atoms with Crippen LogP contribution in [0.1, 0.15) is 117 Å². The fraction of sp³-hybridized carbons (Fsp3) is 0.567. The molecule has 206 valence electrons. The molecule has 7 nitrogen and oxygen atoms in total. The van der Waals surface area contributed by atoms with Crippen LogP contribution in [-0.4, -0.2) is 34.7 Å². The number of rotatable bonds is 6. The van der Waals surface area contributed by atoms with Gasteiger partial charge in [-0.15, -0.1) is 11.3 Å². The smallest absolute Gasteiger partial charge is 0.410 e. The molecule has 1 aromatic carbocycles. The van der Waals surface area contributed by atoms with Crippen molar-refractivity contribution < 1.29 is 29.3 Å². The first-order chi connectivity index (χ1) is 17.4. The number of nitrogens with zero attached hydrogens (tertiary/aromatic N) is 1. The van der Waals surface area contributed by atoms with Crippen LogP contribution in [0.5, 0.6) is 5.75 Å². The second kappa shape index (κ2) is 10.8. The number of hydrogen-bond donors (Lipinski definition) is 0. The summed E-state index contributed by atoms with van der Waals surface area (Å²) in [6.45, 7) is 18.2. The van der Waals surface area contributed by atoms with Crippen LogP contribution < -0.4 is 4.89 Å². The minimum absolute atomic E-state index is 0.0447. The zero-order valence-corrected chi connectivity index (χ0v) is 24.8. The van der Waals surface area contributed by atoms with E-state index in [1.54, 1.807) is 11.0 Å². The van der Waals surface area contributed by atoms with Gasteiger partial charge in [0.1, 0.15) is 5.60 Å². The van der Waals surface area contributed by atoms with Gasteiger partial charge >= 0.3 is 6.09 Å². The molecule has 0 bridgehead atoms. The summed E-state index contributed by atoms with van der Waals surface area (Å²) in [7, 11) is 0. The van der Waals surface area contributed by atoms with Gasteiger partial charge in [-0.2, -0.15) is 0 Å². The third-order valence-corrected chi connectivity index (χ3v) is 7.62. The van der Waals surface area contributed by atoms with Gasteiger partial charge in [0.2, 0.25) is 0 Å². The molecule has 1 amide bonds. The highest BCUT2D eigenvalue weighted by Gasteiger charge is 2.32. The van der Waals surface area contributed by atoms with Crippen molar-refractivity contribution in [3.05, 3.63) is 50.2 Å². The minimum Gasteiger partial charge on any atom is -0.444 e. The summed E-state index contributed by atoms with van der Waals surface area (Å²) in [5.74, 6) is -0.198. The lowest BCUT2D eigenvalue weighted by atomic mass is 9.74. The molecule has 8 heteroatoms. The molecule has 1 aliphatic rings. The molecular weight excluding hydrogens is 502 g/mol. The topological polar surface area (TPSA) is 92.8 Å². The van der Waals surface area contributed by atoms with Gasteiger partial charge < -0.3 is 14.5 Å². The van der Waals surface area contributed by atoms with E-state index in [-0.39, 0.29) is 36.3 Å². The van der Waals surface area contributed by atoms with Crippen molar-refractivity contribution in [1.29, 1.82) is 0 Å². The lowest BCUT2D eigenvalue weighted by Gasteiger charge is -2.29. The van der Waals surface area contributed by atoms with Crippen LogP contribution in [0.15, 0.2) is 12.1 Å². The average Bonchev–Trinajstić information content (AvgIpc) is 3.22. The van der Waals surface area contributed by atoms with Crippen LogP contribution in [0.4, 0.5) is 4.79 Å². The predicted octanol–water partition coefficient (Wildman–Crippen LogP) is 7.01. The number of carbonyl (C=O) groups excluding carboxylic acids is 3. The van der Waals surface area contributed by atoms with Gasteiger partial charge in [0, 0.05) is 41.2 Å². The fourth-order valence-corrected chi connectivity index (χ4v) is 5.61. The highest BCUT2D eigenvalue weighted by atomic mass is 32.1. The van der Waals surface area contributed by atoms with Crippen LogP contribution in [0.25, 0.3) is 0 Å². The van der Waals surface area contributed by atoms with E-state index in [0.29, 0.717) is 41.1 Å². The number of Topliss-reactive ketones (excluding diaryl/α,β-unsaturated/α-hetero) is 2. The number of thiophene rings is 1. The third-order valence-electron chi connectivity index (χ3n) is 6.34. The van der Waals surface area contributed by atoms with Crippen molar-refractivity contribution in [2.24, 2.45) is 0 Å². The van der Waals surface area contributed by atoms with Gasteiger partial charge in [-0.25, -0.2) is 4.79 Å². The molecule has 0 atom stereocenters. The highest BCUT2D eigenvalue weighted by Crippen LogP contribution is 2.38. The standard InChI is InChI=1S/C30H39NO6S/c1-28(2,3)20-15-19(37-35)16-21(29(4,5)6)26(20)23(33)11-10-22(32)25-14-18-17-31(13-12-24(18)38-25)27(34)36-30(7,8)9/h14-15H,10-13,17H2,1-9H3. The molecule has 3 rings (SSSR count). The second-order valence-corrected chi connectivity index (χ2v) is 14.1. The Kier molecular flexibility index (Phi) is 8.49. The lowest BCUT2D eigenvalue weighted by Crippen LogP contribution is -2.39. The normalized spacial score (nSPS) is 14.2. The maximum absolute atomic E-state index is 13.6. The second-order valence-electron chi connectivity index (χ2n) is 12.9. The van der Waals surface area contributed by atoms with Crippen LogP contribution >= 0.6 is 11.3 Å². The van der Waals surface area contributed by atoms with Crippen molar-refractivity contribution in [2.75, 3.05) is 6.54 Å². The number of ether oxygens (including phenoxy) is 1. The molecule has 2 heterocycles. The molecule has 0 saturated heterocycles. The predicted molar refractivity (Wildman–Crippen MR) is 147 cm³/mol. The summed E-state index contributed by atoms with van der Waals surface area (Å²) < 4.78 is 5.49. The molecule has 1 aliphatic heterocycles. The summed E-state index contributed by atoms with van der Waals surface area (Å²) in [5.41, 5.74) is 1.33. The SMILES string of the molecule is CC(C)(C)OC(=O)N1CCc2sc(C(=O)CCC(=O)c3c(C(C)(C)C)[c]c(O[O])cc3C(C)(C)C)cc2C1. The number of carbonyl (C=O) groups is 3. The van der Waals surface area contributed by atoms with E-state index in [2.05, 4.69) is 11.0 Å². The first-order valence-corrected chi connectivity index (χ1v) is 13.8. The van der Waals surface area contributed by atoms with Gasteiger partial charge in [0.15, 0.2) is 17.3 Å². The van der Waals surface area contributed by atoms with E-state index < -0.39 is 16.4 Å². The molecule has 0 fully saturated rings. The van der Waals surface area contributed by atoms with Crippen LogP contribution in [-0.2, 0) is 33.8 Å². The molecular formula is C30H39NO6S. The first kappa shape index (κ1) is 29.8. The number of ketones is 2. The molecule has 0 aliphatic carbocycles. The Hall–Kier alpha value is -2.71. The largest absolute Gasteiger partial charge is 0.444 e. The monoisotopic (exact) mass is 541 g/mol. The molecule has 0 unspecified atom stereocenters. The van der Waals surface area contributed by atoms with Gasteiger partial charge in [-0.3, -0.25) is 9.59 Å². The Bertz CT molecular complexity index is 1190. The van der Waals surface area contributed by atoms with Gasteiger partial charge in [-0.1, -0.05) is 41.5 Å². The molecule has 0 saturated carbocycles. The highest BCUT2D eigenvalue weighted by molar-refractivity contribution is 7.14. The van der Waals surface area contributed by atoms with E-state index in [9.17, 15) is 19.6 Å². The van der Waals surface area contributed by atoms with E-state index in [1.807, 2.05) is 68.4 Å². The van der Waals surface area contributed by atoms with Crippen molar-refractivity contribution >= 4 is 29.0 Å². The zero-order valence-electron chi connectivity index (χ0n) is 24.0. The summed E-state index contributed by atoms with van der Waals surface area (Å²) in [6, 6.07) is 6.42. The van der Waals surface area contributed by atoms with E-state index >= 15 is 0 Å². The van der Waals surface area contributed by atoms with Crippen molar-refractivity contribution in [2.45, 2.75) is 105 Å². The molecule has 0 spiro atoms. The van der Waals surface area contributed by atoms with Crippen molar-refractivity contribution in [3.63, 3.8) is 0 Å². The molecule has 38 heavy (non-hydrogen) atoms. The summed E-state index contributed by atoms with van der Waals surface area (Å²) in [5, 5.41) is 11.3. The first-order valence-electron chi connectivity index (χ1n) is 13.0. The Morgan fingerprint density at radius 1 is 0.947 bits per heavy atom. The summed E-state index contributed by atoms with van der Waals surface area (Å²) in [4.78, 5) is 46.8. The number of hydrogen-bond acceptors (Lipinski definition) is 6.